The van der Waals surface area contributed by atoms with Crippen molar-refractivity contribution in [3.8, 4) is 0 Å². The van der Waals surface area contributed by atoms with Crippen LogP contribution in [0.15, 0.2) is 11.6 Å². The minimum absolute atomic E-state index is 0.0322. The van der Waals surface area contributed by atoms with E-state index in [1.807, 2.05) is 0 Å². The summed E-state index contributed by atoms with van der Waals surface area (Å²) < 4.78 is 11.8. The molecule has 6 N–H and O–H groups in total. The minimum atomic E-state index is -1.56. The Bertz CT molecular complexity index is 1020. The van der Waals surface area contributed by atoms with Crippen molar-refractivity contribution in [3.63, 3.8) is 0 Å². The molecule has 8 heteroatoms. The Hall–Kier alpha value is -0.580. The number of aliphatic hydroxyl groups is 5. The Morgan fingerprint density at radius 1 is 1.02 bits per heavy atom. The molecule has 4 fully saturated rings. The highest BCUT2D eigenvalue weighted by Gasteiger charge is 2.59. The van der Waals surface area contributed by atoms with Crippen molar-refractivity contribution < 1.29 is 35.0 Å². The number of fused-ring (bicyclic) bond motifs is 5. The third kappa shape index (κ3) is 6.83. The van der Waals surface area contributed by atoms with Crippen molar-refractivity contribution in [1.29, 1.82) is 0 Å². The summed E-state index contributed by atoms with van der Waals surface area (Å²) >= 11 is 0. The van der Waals surface area contributed by atoms with Gasteiger partial charge in [0.1, 0.15) is 24.4 Å². The van der Waals surface area contributed by atoms with Gasteiger partial charge in [-0.15, -0.1) is 0 Å². The maximum Gasteiger partial charge on any atom is 0.183 e. The quantitative estimate of drug-likeness (QED) is 0.172. The van der Waals surface area contributed by atoms with Crippen LogP contribution in [0.5, 0.6) is 0 Å². The fourth-order valence-electron chi connectivity index (χ4n) is 11.1. The van der Waals surface area contributed by atoms with E-state index in [-0.39, 0.29) is 24.4 Å². The second kappa shape index (κ2) is 14.1. The third-order valence-electron chi connectivity index (χ3n) is 13.9. The van der Waals surface area contributed by atoms with E-state index in [1.165, 1.54) is 58.5 Å². The topological polar surface area (TPSA) is 132 Å². The second-order valence-corrected chi connectivity index (χ2v) is 16.8. The first-order chi connectivity index (χ1) is 21.3. The van der Waals surface area contributed by atoms with Crippen LogP contribution in [0.3, 0.4) is 0 Å². The van der Waals surface area contributed by atoms with Crippen LogP contribution in [-0.2, 0) is 9.47 Å². The smallest absolute Gasteiger partial charge is 0.183 e. The van der Waals surface area contributed by atoms with Gasteiger partial charge in [0.05, 0.1) is 19.3 Å². The van der Waals surface area contributed by atoms with Crippen LogP contribution in [0.2, 0.25) is 0 Å². The predicted octanol–water partition coefficient (Wildman–Crippen LogP) is 4.55. The van der Waals surface area contributed by atoms with E-state index in [1.54, 1.807) is 5.57 Å². The Labute approximate surface area is 272 Å². The molecular formula is C37H65NO7. The molecule has 0 spiro atoms. The molecule has 4 aliphatic carbocycles. The van der Waals surface area contributed by atoms with Gasteiger partial charge in [-0.1, -0.05) is 65.5 Å². The summed E-state index contributed by atoms with van der Waals surface area (Å²) in [5.74, 6) is 3.63. The van der Waals surface area contributed by atoms with Crippen LogP contribution < -0.4 is 5.32 Å². The minimum Gasteiger partial charge on any atom is -0.394 e. The van der Waals surface area contributed by atoms with Crippen molar-refractivity contribution in [2.45, 2.75) is 154 Å². The fraction of sp³-hybridized carbons (Fsp3) is 0.946. The Kier molecular flexibility index (Phi) is 11.2. The molecule has 0 aromatic rings. The van der Waals surface area contributed by atoms with Crippen molar-refractivity contribution in [1.82, 2.24) is 5.32 Å². The summed E-state index contributed by atoms with van der Waals surface area (Å²) in [5, 5.41) is 54.6. The molecule has 0 aromatic carbocycles. The summed E-state index contributed by atoms with van der Waals surface area (Å²) in [6.45, 7) is 12.1. The number of methoxy groups -OCH3 is 1. The summed E-state index contributed by atoms with van der Waals surface area (Å²) in [4.78, 5) is 0. The molecule has 45 heavy (non-hydrogen) atoms. The lowest BCUT2D eigenvalue weighted by Gasteiger charge is -2.58. The lowest BCUT2D eigenvalue weighted by Crippen LogP contribution is -2.64. The summed E-state index contributed by atoms with van der Waals surface area (Å²) in [6.07, 6.45) is 9.74. The van der Waals surface area contributed by atoms with E-state index >= 15 is 0 Å². The molecule has 14 atom stereocenters. The van der Waals surface area contributed by atoms with Crippen molar-refractivity contribution in [2.24, 2.45) is 46.3 Å². The maximum atomic E-state index is 10.6. The molecule has 1 heterocycles. The SMILES string of the molecule is CO[C@]1(CNC2CC[C@@]3(C)C(=CC[C@H]4[C@@H]5CC[C@H]([C@H](C)CCCC(C)C)[C@@]5(C)CC[C@@H]43)C2)C[C@H](O)[C@@H](O)[C@H]([C@H](O)[C@@H](O)CO)O1. The molecule has 8 nitrogen and oxygen atoms in total. The van der Waals surface area contributed by atoms with Crippen molar-refractivity contribution in [3.05, 3.63) is 11.6 Å². The van der Waals surface area contributed by atoms with Crippen molar-refractivity contribution >= 4 is 0 Å². The molecule has 5 aliphatic rings. The summed E-state index contributed by atoms with van der Waals surface area (Å²) in [7, 11) is 1.50. The number of nitrogens with one attached hydrogen (secondary N) is 1. The molecule has 3 saturated carbocycles. The van der Waals surface area contributed by atoms with Gasteiger partial charge in [-0.05, 0) is 97.7 Å². The van der Waals surface area contributed by atoms with Crippen molar-refractivity contribution in [2.75, 3.05) is 20.3 Å². The molecule has 0 bridgehead atoms. The first-order valence-corrected chi connectivity index (χ1v) is 18.3. The van der Waals surface area contributed by atoms with Crippen LogP contribution in [0.4, 0.5) is 0 Å². The van der Waals surface area contributed by atoms with Gasteiger partial charge in [0.15, 0.2) is 5.79 Å². The first-order valence-electron chi connectivity index (χ1n) is 18.3. The van der Waals surface area contributed by atoms with Gasteiger partial charge in [-0.25, -0.2) is 0 Å². The van der Waals surface area contributed by atoms with Crippen LogP contribution >= 0.6 is 0 Å². The fourth-order valence-corrected chi connectivity index (χ4v) is 11.1. The van der Waals surface area contributed by atoms with E-state index in [9.17, 15) is 25.5 Å². The van der Waals surface area contributed by atoms with Gasteiger partial charge in [0, 0.05) is 19.6 Å². The summed E-state index contributed by atoms with van der Waals surface area (Å²) in [5.41, 5.74) is 2.34. The first kappa shape index (κ1) is 35.7. The van der Waals surface area contributed by atoms with E-state index in [4.69, 9.17) is 9.47 Å². The average Bonchev–Trinajstić information content (AvgIpc) is 3.38. The van der Waals surface area contributed by atoms with Gasteiger partial charge >= 0.3 is 0 Å². The monoisotopic (exact) mass is 635 g/mol. The summed E-state index contributed by atoms with van der Waals surface area (Å²) in [6, 6.07) is 0.239. The highest BCUT2D eigenvalue weighted by atomic mass is 16.7. The highest BCUT2D eigenvalue weighted by molar-refractivity contribution is 5.26. The zero-order valence-electron chi connectivity index (χ0n) is 29.0. The van der Waals surface area contributed by atoms with E-state index < -0.39 is 42.9 Å². The Morgan fingerprint density at radius 2 is 1.78 bits per heavy atom. The molecular weight excluding hydrogens is 570 g/mol. The number of hydrogen-bond acceptors (Lipinski definition) is 8. The van der Waals surface area contributed by atoms with Gasteiger partial charge in [-0.3, -0.25) is 0 Å². The predicted molar refractivity (Wildman–Crippen MR) is 175 cm³/mol. The molecule has 5 rings (SSSR count). The standard InChI is InChI=1S/C37H65NO7/c1-22(2)8-7-9-23(3)27-12-13-28-26-11-10-24-18-25(14-16-35(24,4)29(26)15-17-36(27,28)5)38-21-37(44-6)19-30(40)32(42)34(45-37)33(43)31(41)20-39/h10,22-23,25-34,38-43H,7-9,11-21H2,1-6H3/t23-,25?,26+,27-,28+,29+,30+,31+,32-,33-,34-,35+,36-,37-/m1/s1. The third-order valence-corrected chi connectivity index (χ3v) is 13.9. The molecule has 0 radical (unpaired) electrons. The van der Waals surface area contributed by atoms with Crippen LogP contribution in [0.25, 0.3) is 0 Å². The van der Waals surface area contributed by atoms with E-state index in [0.29, 0.717) is 5.41 Å². The van der Waals surface area contributed by atoms with Crippen LogP contribution in [0.1, 0.15) is 112 Å². The van der Waals surface area contributed by atoms with Gasteiger partial charge in [0.2, 0.25) is 0 Å². The number of aliphatic hydroxyl groups excluding tert-OH is 5. The largest absolute Gasteiger partial charge is 0.394 e. The highest BCUT2D eigenvalue weighted by Crippen LogP contribution is 2.67. The Morgan fingerprint density at radius 3 is 2.47 bits per heavy atom. The normalized spacial score (nSPS) is 45.3. The number of hydrogen-bond donors (Lipinski definition) is 6. The molecule has 1 unspecified atom stereocenters. The lowest BCUT2D eigenvalue weighted by molar-refractivity contribution is -0.327. The molecule has 1 aliphatic heterocycles. The number of ether oxygens (including phenoxy) is 2. The second-order valence-electron chi connectivity index (χ2n) is 16.8. The van der Waals surface area contributed by atoms with Crippen LogP contribution in [-0.4, -0.2) is 88.1 Å². The number of rotatable bonds is 12. The van der Waals surface area contributed by atoms with E-state index in [0.717, 1.165) is 54.8 Å². The maximum absolute atomic E-state index is 10.6. The van der Waals surface area contributed by atoms with Gasteiger partial charge < -0.3 is 40.3 Å². The zero-order chi connectivity index (χ0) is 32.7. The number of allylic oxidation sites excluding steroid dienone is 1. The molecule has 0 amide bonds. The van der Waals surface area contributed by atoms with Crippen LogP contribution in [0, 0.1) is 46.3 Å². The Balaban J connectivity index is 1.22. The molecule has 1 saturated heterocycles. The van der Waals surface area contributed by atoms with Gasteiger partial charge in [0.25, 0.3) is 0 Å². The lowest BCUT2D eigenvalue weighted by atomic mass is 9.47. The molecule has 260 valence electrons. The van der Waals surface area contributed by atoms with E-state index in [2.05, 4.69) is 46.0 Å². The average molecular weight is 636 g/mol. The van der Waals surface area contributed by atoms with Gasteiger partial charge in [-0.2, -0.15) is 0 Å². The molecule has 0 aromatic heterocycles. The zero-order valence-corrected chi connectivity index (χ0v) is 29.0.